The predicted octanol–water partition coefficient (Wildman–Crippen LogP) is 3.47. The molecule has 126 valence electrons. The molecule has 0 bridgehead atoms. The van der Waals surface area contributed by atoms with Crippen LogP contribution in [0.1, 0.15) is 29.7 Å². The first-order valence-corrected chi connectivity index (χ1v) is 7.60. The number of rotatable bonds is 6. The Balaban J connectivity index is 1.92. The van der Waals surface area contributed by atoms with E-state index in [1.54, 1.807) is 6.07 Å². The van der Waals surface area contributed by atoms with Gasteiger partial charge >= 0.3 is 0 Å². The average Bonchev–Trinajstić information content (AvgIpc) is 2.55. The van der Waals surface area contributed by atoms with Crippen LogP contribution in [0.25, 0.3) is 0 Å². The highest BCUT2D eigenvalue weighted by atomic mass is 16.6. The molecule has 2 aromatic carbocycles. The van der Waals surface area contributed by atoms with Crippen LogP contribution in [0.5, 0.6) is 5.75 Å². The lowest BCUT2D eigenvalue weighted by atomic mass is 10.0. The van der Waals surface area contributed by atoms with Gasteiger partial charge in [0.25, 0.3) is 11.6 Å². The highest BCUT2D eigenvalue weighted by Gasteiger charge is 2.12. The van der Waals surface area contributed by atoms with Gasteiger partial charge in [-0.25, -0.2) is 0 Å². The molecule has 0 aliphatic rings. The molecule has 6 nitrogen and oxygen atoms in total. The van der Waals surface area contributed by atoms with Crippen molar-refractivity contribution in [2.75, 3.05) is 6.61 Å². The third kappa shape index (κ3) is 4.55. The van der Waals surface area contributed by atoms with Gasteiger partial charge in [-0.1, -0.05) is 24.3 Å². The van der Waals surface area contributed by atoms with Crippen LogP contribution >= 0.6 is 0 Å². The van der Waals surface area contributed by atoms with Crippen molar-refractivity contribution in [2.24, 2.45) is 0 Å². The Morgan fingerprint density at radius 1 is 1.21 bits per heavy atom. The lowest BCUT2D eigenvalue weighted by Gasteiger charge is -2.16. The Labute approximate surface area is 140 Å². The number of hydrogen-bond acceptors (Lipinski definition) is 4. The quantitative estimate of drug-likeness (QED) is 0.650. The van der Waals surface area contributed by atoms with Gasteiger partial charge in [0.1, 0.15) is 5.75 Å². The predicted molar refractivity (Wildman–Crippen MR) is 91.1 cm³/mol. The molecule has 0 heterocycles. The molecule has 1 atom stereocenters. The number of aryl methyl sites for hydroxylation is 2. The van der Waals surface area contributed by atoms with Gasteiger partial charge in [0, 0.05) is 6.07 Å². The SMILES string of the molecule is Cc1ccc(C(C)NC(=O)COc2cccc([N+](=O)[O-])c2)cc1C. The number of amides is 1. The summed E-state index contributed by atoms with van der Waals surface area (Å²) in [6.07, 6.45) is 0. The second-order valence-corrected chi connectivity index (χ2v) is 5.68. The Bertz CT molecular complexity index is 758. The minimum Gasteiger partial charge on any atom is -0.484 e. The van der Waals surface area contributed by atoms with Crippen molar-refractivity contribution >= 4 is 11.6 Å². The van der Waals surface area contributed by atoms with E-state index in [4.69, 9.17) is 4.74 Å². The number of nitrogens with one attached hydrogen (secondary N) is 1. The minimum absolute atomic E-state index is 0.0728. The zero-order valence-corrected chi connectivity index (χ0v) is 13.9. The van der Waals surface area contributed by atoms with E-state index in [2.05, 4.69) is 5.32 Å². The van der Waals surface area contributed by atoms with Crippen molar-refractivity contribution in [3.05, 3.63) is 69.3 Å². The highest BCUT2D eigenvalue weighted by Crippen LogP contribution is 2.19. The molecule has 1 amide bonds. The average molecular weight is 328 g/mol. The third-order valence-electron chi connectivity index (χ3n) is 3.81. The zero-order chi connectivity index (χ0) is 17.7. The Morgan fingerprint density at radius 2 is 1.96 bits per heavy atom. The summed E-state index contributed by atoms with van der Waals surface area (Å²) in [5.41, 5.74) is 3.31. The van der Waals surface area contributed by atoms with Crippen molar-refractivity contribution in [2.45, 2.75) is 26.8 Å². The molecule has 0 saturated heterocycles. The van der Waals surface area contributed by atoms with Gasteiger partial charge < -0.3 is 10.1 Å². The molecule has 0 aliphatic heterocycles. The standard InChI is InChI=1S/C18H20N2O4/c1-12-7-8-15(9-13(12)2)14(3)19-18(21)11-24-17-6-4-5-16(10-17)20(22)23/h4-10,14H,11H2,1-3H3,(H,19,21). The molecule has 0 fully saturated rings. The van der Waals surface area contributed by atoms with Crippen molar-refractivity contribution < 1.29 is 14.5 Å². The smallest absolute Gasteiger partial charge is 0.273 e. The molecule has 1 unspecified atom stereocenters. The van der Waals surface area contributed by atoms with Crippen LogP contribution in [0.15, 0.2) is 42.5 Å². The Morgan fingerprint density at radius 3 is 2.62 bits per heavy atom. The summed E-state index contributed by atoms with van der Waals surface area (Å²) in [6.45, 7) is 5.76. The van der Waals surface area contributed by atoms with E-state index >= 15 is 0 Å². The topological polar surface area (TPSA) is 81.5 Å². The van der Waals surface area contributed by atoms with Crippen LogP contribution in [0, 0.1) is 24.0 Å². The van der Waals surface area contributed by atoms with Crippen LogP contribution in [-0.2, 0) is 4.79 Å². The lowest BCUT2D eigenvalue weighted by Crippen LogP contribution is -2.31. The van der Waals surface area contributed by atoms with Crippen molar-refractivity contribution in [3.63, 3.8) is 0 Å². The Kier molecular flexibility index (Phi) is 5.52. The zero-order valence-electron chi connectivity index (χ0n) is 13.9. The van der Waals surface area contributed by atoms with Crippen LogP contribution < -0.4 is 10.1 Å². The Hall–Kier alpha value is -2.89. The maximum atomic E-state index is 12.0. The van der Waals surface area contributed by atoms with Crippen molar-refractivity contribution in [1.82, 2.24) is 5.32 Å². The first kappa shape index (κ1) is 17.5. The number of carbonyl (C=O) groups is 1. The first-order chi connectivity index (χ1) is 11.4. The molecule has 0 saturated carbocycles. The number of ether oxygens (including phenoxy) is 1. The molecule has 0 radical (unpaired) electrons. The summed E-state index contributed by atoms with van der Waals surface area (Å²) in [6, 6.07) is 11.7. The fraction of sp³-hybridized carbons (Fsp3) is 0.278. The fourth-order valence-corrected chi connectivity index (χ4v) is 2.24. The summed E-state index contributed by atoms with van der Waals surface area (Å²) in [5, 5.41) is 13.6. The lowest BCUT2D eigenvalue weighted by molar-refractivity contribution is -0.384. The van der Waals surface area contributed by atoms with Gasteiger partial charge in [-0.15, -0.1) is 0 Å². The molecular formula is C18H20N2O4. The van der Waals surface area contributed by atoms with E-state index in [9.17, 15) is 14.9 Å². The normalized spacial score (nSPS) is 11.6. The van der Waals surface area contributed by atoms with Gasteiger partial charge in [-0.05, 0) is 43.5 Å². The second kappa shape index (κ2) is 7.59. The van der Waals surface area contributed by atoms with Crippen molar-refractivity contribution in [3.8, 4) is 5.75 Å². The van der Waals surface area contributed by atoms with Gasteiger partial charge in [0.2, 0.25) is 0 Å². The first-order valence-electron chi connectivity index (χ1n) is 7.60. The van der Waals surface area contributed by atoms with Crippen LogP contribution in [-0.4, -0.2) is 17.4 Å². The molecule has 0 aromatic heterocycles. The molecule has 2 aromatic rings. The summed E-state index contributed by atoms with van der Waals surface area (Å²) < 4.78 is 5.32. The van der Waals surface area contributed by atoms with E-state index in [1.165, 1.54) is 29.3 Å². The number of nitrogens with zero attached hydrogens (tertiary/aromatic N) is 1. The summed E-state index contributed by atoms with van der Waals surface area (Å²) in [4.78, 5) is 22.2. The fourth-order valence-electron chi connectivity index (χ4n) is 2.24. The van der Waals surface area contributed by atoms with Gasteiger partial charge in [0.05, 0.1) is 17.0 Å². The van der Waals surface area contributed by atoms with Crippen LogP contribution in [0.2, 0.25) is 0 Å². The van der Waals surface area contributed by atoms with E-state index in [0.717, 1.165) is 5.56 Å². The molecule has 24 heavy (non-hydrogen) atoms. The summed E-state index contributed by atoms with van der Waals surface area (Å²) >= 11 is 0. The van der Waals surface area contributed by atoms with Gasteiger partial charge in [0.15, 0.2) is 6.61 Å². The molecule has 0 aliphatic carbocycles. The van der Waals surface area contributed by atoms with Crippen LogP contribution in [0.3, 0.4) is 0 Å². The number of nitro benzene ring substituents is 1. The number of carbonyl (C=O) groups excluding carboxylic acids is 1. The van der Waals surface area contributed by atoms with Crippen LogP contribution in [0.4, 0.5) is 5.69 Å². The van der Waals surface area contributed by atoms with Gasteiger partial charge in [-0.2, -0.15) is 0 Å². The maximum Gasteiger partial charge on any atom is 0.273 e. The highest BCUT2D eigenvalue weighted by molar-refractivity contribution is 5.78. The molecular weight excluding hydrogens is 308 g/mol. The molecule has 0 spiro atoms. The van der Waals surface area contributed by atoms with Crippen molar-refractivity contribution in [1.29, 1.82) is 0 Å². The second-order valence-electron chi connectivity index (χ2n) is 5.68. The number of hydrogen-bond donors (Lipinski definition) is 1. The number of non-ortho nitro benzene ring substituents is 1. The number of nitro groups is 1. The number of benzene rings is 2. The summed E-state index contributed by atoms with van der Waals surface area (Å²) in [5.74, 6) is 0.00502. The molecule has 2 rings (SSSR count). The van der Waals surface area contributed by atoms with E-state index in [1.807, 2.05) is 39.0 Å². The monoisotopic (exact) mass is 328 g/mol. The van der Waals surface area contributed by atoms with E-state index in [-0.39, 0.29) is 30.0 Å². The van der Waals surface area contributed by atoms with Gasteiger partial charge in [-0.3, -0.25) is 14.9 Å². The molecule has 1 N–H and O–H groups in total. The minimum atomic E-state index is -0.505. The third-order valence-corrected chi connectivity index (χ3v) is 3.81. The largest absolute Gasteiger partial charge is 0.484 e. The van der Waals surface area contributed by atoms with E-state index < -0.39 is 4.92 Å². The van der Waals surface area contributed by atoms with E-state index in [0.29, 0.717) is 0 Å². The molecule has 6 heteroatoms. The maximum absolute atomic E-state index is 12.0. The summed E-state index contributed by atoms with van der Waals surface area (Å²) in [7, 11) is 0.